The van der Waals surface area contributed by atoms with Crippen LogP contribution in [0, 0.1) is 6.92 Å². The molecule has 3 nitrogen and oxygen atoms in total. The van der Waals surface area contributed by atoms with Gasteiger partial charge in [0, 0.05) is 16.8 Å². The second-order valence-electron chi connectivity index (χ2n) is 5.63. The number of anilines is 1. The molecule has 3 rings (SSSR count). The predicted molar refractivity (Wildman–Crippen MR) is 109 cm³/mol. The molecule has 25 heavy (non-hydrogen) atoms. The number of thiocarbonyl (C=S) groups is 1. The van der Waals surface area contributed by atoms with Crippen molar-refractivity contribution in [1.29, 1.82) is 0 Å². The molecule has 0 saturated heterocycles. The van der Waals surface area contributed by atoms with Gasteiger partial charge >= 0.3 is 0 Å². The monoisotopic (exact) mass is 345 g/mol. The van der Waals surface area contributed by atoms with E-state index in [0.29, 0.717) is 5.11 Å². The van der Waals surface area contributed by atoms with E-state index < -0.39 is 0 Å². The highest BCUT2D eigenvalue weighted by atomic mass is 32.1. The lowest BCUT2D eigenvalue weighted by molar-refractivity contribution is 1.04. The third-order valence-electron chi connectivity index (χ3n) is 3.64. The Hall–Kier alpha value is -2.98. The molecule has 0 fully saturated rings. The SMILES string of the molecule is Cc1cccc(NC(=S)NN=C(c2ccccc2)c2ccccc2)c1. The molecule has 4 heteroatoms. The largest absolute Gasteiger partial charge is 0.331 e. The maximum absolute atomic E-state index is 5.37. The molecule has 2 N–H and O–H groups in total. The fourth-order valence-electron chi connectivity index (χ4n) is 2.48. The minimum atomic E-state index is 0.454. The van der Waals surface area contributed by atoms with E-state index in [9.17, 15) is 0 Å². The van der Waals surface area contributed by atoms with Crippen LogP contribution in [0.2, 0.25) is 0 Å². The van der Waals surface area contributed by atoms with Gasteiger partial charge in [0.05, 0.1) is 5.71 Å². The molecule has 0 heterocycles. The van der Waals surface area contributed by atoms with Crippen molar-refractivity contribution in [1.82, 2.24) is 5.43 Å². The zero-order chi connectivity index (χ0) is 17.5. The maximum atomic E-state index is 5.37. The van der Waals surface area contributed by atoms with Gasteiger partial charge in [-0.05, 0) is 36.8 Å². The van der Waals surface area contributed by atoms with Gasteiger partial charge in [0.1, 0.15) is 0 Å². The van der Waals surface area contributed by atoms with Crippen LogP contribution in [0.3, 0.4) is 0 Å². The molecular formula is C21H19N3S. The van der Waals surface area contributed by atoms with Gasteiger partial charge in [0.2, 0.25) is 0 Å². The summed E-state index contributed by atoms with van der Waals surface area (Å²) in [4.78, 5) is 0. The fraction of sp³-hybridized carbons (Fsp3) is 0.0476. The van der Waals surface area contributed by atoms with Crippen LogP contribution in [0.15, 0.2) is 90.0 Å². The number of nitrogens with zero attached hydrogens (tertiary/aromatic N) is 1. The zero-order valence-corrected chi connectivity index (χ0v) is 14.8. The van der Waals surface area contributed by atoms with Gasteiger partial charge < -0.3 is 5.32 Å². The first-order valence-electron chi connectivity index (χ1n) is 8.04. The van der Waals surface area contributed by atoms with Crippen molar-refractivity contribution in [2.75, 3.05) is 5.32 Å². The quantitative estimate of drug-likeness (QED) is 0.407. The number of benzene rings is 3. The zero-order valence-electron chi connectivity index (χ0n) is 13.9. The van der Waals surface area contributed by atoms with Crippen molar-refractivity contribution >= 4 is 28.7 Å². The van der Waals surface area contributed by atoms with E-state index in [0.717, 1.165) is 22.5 Å². The van der Waals surface area contributed by atoms with Gasteiger partial charge in [-0.3, -0.25) is 5.43 Å². The molecule has 3 aromatic rings. The first kappa shape index (κ1) is 16.9. The summed E-state index contributed by atoms with van der Waals surface area (Å²) in [6.07, 6.45) is 0. The van der Waals surface area contributed by atoms with Crippen LogP contribution in [-0.4, -0.2) is 10.8 Å². The second-order valence-corrected chi connectivity index (χ2v) is 6.04. The first-order chi connectivity index (χ1) is 12.2. The minimum absolute atomic E-state index is 0.454. The summed E-state index contributed by atoms with van der Waals surface area (Å²) >= 11 is 5.37. The van der Waals surface area contributed by atoms with Crippen LogP contribution in [0.1, 0.15) is 16.7 Å². The Labute approximate surface area is 153 Å². The standard InChI is InChI=1S/C21H19N3S/c1-16-9-8-14-19(15-16)22-21(25)24-23-20(17-10-4-2-5-11-17)18-12-6-3-7-13-18/h2-15H,1H3,(H2,22,24,25). The summed E-state index contributed by atoms with van der Waals surface area (Å²) in [5, 5.41) is 8.15. The lowest BCUT2D eigenvalue weighted by atomic mass is 10.0. The van der Waals surface area contributed by atoms with Crippen LogP contribution in [0.4, 0.5) is 5.69 Å². The van der Waals surface area contributed by atoms with Gasteiger partial charge in [-0.15, -0.1) is 0 Å². The van der Waals surface area contributed by atoms with E-state index in [2.05, 4.69) is 15.8 Å². The molecule has 0 bridgehead atoms. The van der Waals surface area contributed by atoms with E-state index in [-0.39, 0.29) is 0 Å². The van der Waals surface area contributed by atoms with Crippen LogP contribution >= 0.6 is 12.2 Å². The summed E-state index contributed by atoms with van der Waals surface area (Å²) in [6, 6.07) is 28.1. The van der Waals surface area contributed by atoms with Crippen molar-refractivity contribution in [2.24, 2.45) is 5.10 Å². The van der Waals surface area contributed by atoms with Crippen molar-refractivity contribution in [2.45, 2.75) is 6.92 Å². The number of nitrogens with one attached hydrogen (secondary N) is 2. The summed E-state index contributed by atoms with van der Waals surface area (Å²) in [7, 11) is 0. The molecule has 0 amide bonds. The van der Waals surface area contributed by atoms with Crippen LogP contribution in [0.5, 0.6) is 0 Å². The smallest absolute Gasteiger partial charge is 0.191 e. The Morgan fingerprint density at radius 1 is 0.800 bits per heavy atom. The summed E-state index contributed by atoms with van der Waals surface area (Å²) in [5.41, 5.74) is 7.96. The van der Waals surface area contributed by atoms with Gasteiger partial charge in [0.15, 0.2) is 5.11 Å². The molecule has 3 aromatic carbocycles. The fourth-order valence-corrected chi connectivity index (χ4v) is 2.64. The number of hydrazone groups is 1. The van der Waals surface area contributed by atoms with E-state index in [1.54, 1.807) is 0 Å². The predicted octanol–water partition coefficient (Wildman–Crippen LogP) is 4.73. The van der Waals surface area contributed by atoms with Gasteiger partial charge in [-0.1, -0.05) is 72.8 Å². The molecule has 0 aliphatic heterocycles. The van der Waals surface area contributed by atoms with Crippen molar-refractivity contribution < 1.29 is 0 Å². The molecule has 0 aliphatic rings. The molecule has 0 atom stereocenters. The number of hydrogen-bond donors (Lipinski definition) is 2. The average Bonchev–Trinajstić information content (AvgIpc) is 2.64. The topological polar surface area (TPSA) is 36.4 Å². The van der Waals surface area contributed by atoms with Gasteiger partial charge in [-0.2, -0.15) is 5.10 Å². The number of hydrogen-bond acceptors (Lipinski definition) is 2. The van der Waals surface area contributed by atoms with Crippen LogP contribution in [0.25, 0.3) is 0 Å². The molecule has 0 radical (unpaired) electrons. The average molecular weight is 345 g/mol. The molecule has 0 spiro atoms. The maximum Gasteiger partial charge on any atom is 0.191 e. The molecule has 0 aliphatic carbocycles. The lowest BCUT2D eigenvalue weighted by Gasteiger charge is -2.11. The Balaban J connectivity index is 1.80. The number of aryl methyl sites for hydroxylation is 1. The Kier molecular flexibility index (Phi) is 5.54. The van der Waals surface area contributed by atoms with Crippen LogP contribution in [-0.2, 0) is 0 Å². The molecule has 124 valence electrons. The Morgan fingerprint density at radius 2 is 1.40 bits per heavy atom. The normalized spacial score (nSPS) is 9.96. The second kappa shape index (κ2) is 8.22. The highest BCUT2D eigenvalue weighted by Crippen LogP contribution is 2.11. The molecule has 0 saturated carbocycles. The van der Waals surface area contributed by atoms with Crippen LogP contribution < -0.4 is 10.7 Å². The molecular weight excluding hydrogens is 326 g/mol. The molecule has 0 aromatic heterocycles. The minimum Gasteiger partial charge on any atom is -0.331 e. The van der Waals surface area contributed by atoms with Gasteiger partial charge in [0.25, 0.3) is 0 Å². The first-order valence-corrected chi connectivity index (χ1v) is 8.45. The number of rotatable bonds is 4. The third kappa shape index (κ3) is 4.75. The summed E-state index contributed by atoms with van der Waals surface area (Å²) < 4.78 is 0. The summed E-state index contributed by atoms with van der Waals surface area (Å²) in [5.74, 6) is 0. The van der Waals surface area contributed by atoms with Gasteiger partial charge in [-0.25, -0.2) is 0 Å². The van der Waals surface area contributed by atoms with E-state index >= 15 is 0 Å². The van der Waals surface area contributed by atoms with E-state index in [1.165, 1.54) is 5.56 Å². The van der Waals surface area contributed by atoms with Crippen molar-refractivity contribution in [3.63, 3.8) is 0 Å². The highest BCUT2D eigenvalue weighted by molar-refractivity contribution is 7.80. The summed E-state index contributed by atoms with van der Waals surface area (Å²) in [6.45, 7) is 2.04. The Morgan fingerprint density at radius 3 is 1.96 bits per heavy atom. The lowest BCUT2D eigenvalue weighted by Crippen LogP contribution is -2.25. The van der Waals surface area contributed by atoms with E-state index in [4.69, 9.17) is 12.2 Å². The highest BCUT2D eigenvalue weighted by Gasteiger charge is 2.07. The van der Waals surface area contributed by atoms with E-state index in [1.807, 2.05) is 91.9 Å². The molecule has 0 unspecified atom stereocenters. The third-order valence-corrected chi connectivity index (χ3v) is 3.83. The van der Waals surface area contributed by atoms with Crippen molar-refractivity contribution in [3.8, 4) is 0 Å². The van der Waals surface area contributed by atoms with Crippen molar-refractivity contribution in [3.05, 3.63) is 102 Å². The Bertz CT molecular complexity index is 832.